The molecular weight excluding hydrogens is 396 g/mol. The second-order valence-corrected chi connectivity index (χ2v) is 6.85. The molecule has 0 aliphatic heterocycles. The van der Waals surface area contributed by atoms with E-state index in [2.05, 4.69) is 10.6 Å². The lowest BCUT2D eigenvalue weighted by molar-refractivity contribution is -0.116. The summed E-state index contributed by atoms with van der Waals surface area (Å²) in [5.41, 5.74) is 1.69. The topological polar surface area (TPSA) is 97.6 Å². The molecule has 2 aromatic carbocycles. The number of amides is 2. The molecule has 1 aromatic heterocycles. The lowest BCUT2D eigenvalue weighted by Gasteiger charge is -2.08. The molecule has 0 spiro atoms. The van der Waals surface area contributed by atoms with Crippen molar-refractivity contribution in [2.45, 2.75) is 26.2 Å². The zero-order valence-corrected chi connectivity index (χ0v) is 17.2. The number of nitrogens with one attached hydrogen (secondary N) is 2. The smallest absolute Gasteiger partial charge is 0.291 e. The molecule has 2 amide bonds. The van der Waals surface area contributed by atoms with Crippen LogP contribution in [0.2, 0.25) is 0 Å². The monoisotopic (exact) mass is 420 g/mol. The zero-order valence-electron chi connectivity index (χ0n) is 17.2. The number of furan rings is 1. The lowest BCUT2D eigenvalue weighted by atomic mass is 10.1. The van der Waals surface area contributed by atoms with Crippen molar-refractivity contribution >= 4 is 29.0 Å². The second-order valence-electron chi connectivity index (χ2n) is 6.85. The summed E-state index contributed by atoms with van der Waals surface area (Å²) in [6.45, 7) is 2.66. The molecule has 0 radical (unpaired) electrons. The van der Waals surface area contributed by atoms with Gasteiger partial charge in [-0.05, 0) is 67.1 Å². The van der Waals surface area contributed by atoms with Gasteiger partial charge in [-0.15, -0.1) is 0 Å². The van der Waals surface area contributed by atoms with E-state index in [9.17, 15) is 14.4 Å². The van der Waals surface area contributed by atoms with Gasteiger partial charge in [0.1, 0.15) is 5.75 Å². The molecule has 160 valence electrons. The lowest BCUT2D eigenvalue weighted by Crippen LogP contribution is -2.14. The Bertz CT molecular complexity index is 1010. The van der Waals surface area contributed by atoms with Crippen LogP contribution in [0.3, 0.4) is 0 Å². The molecule has 31 heavy (non-hydrogen) atoms. The molecule has 3 rings (SSSR count). The van der Waals surface area contributed by atoms with Gasteiger partial charge in [0.15, 0.2) is 11.5 Å². The van der Waals surface area contributed by atoms with E-state index in [1.165, 1.54) is 6.26 Å². The van der Waals surface area contributed by atoms with Crippen LogP contribution in [0.4, 0.5) is 11.4 Å². The SMILES string of the molecule is CCCOc1ccc(C(=O)CCC(=O)Nc2ccc(NC(=O)c3ccco3)cc2)cc1. The average Bonchev–Trinajstić information content (AvgIpc) is 3.33. The summed E-state index contributed by atoms with van der Waals surface area (Å²) < 4.78 is 10.5. The van der Waals surface area contributed by atoms with Crippen molar-refractivity contribution in [2.24, 2.45) is 0 Å². The fraction of sp³-hybridized carbons (Fsp3) is 0.208. The first kappa shape index (κ1) is 21.8. The summed E-state index contributed by atoms with van der Waals surface area (Å²) in [6.07, 6.45) is 2.52. The van der Waals surface area contributed by atoms with Crippen molar-refractivity contribution in [3.63, 3.8) is 0 Å². The van der Waals surface area contributed by atoms with Crippen LogP contribution in [-0.4, -0.2) is 24.2 Å². The van der Waals surface area contributed by atoms with Crippen molar-refractivity contribution in [1.29, 1.82) is 0 Å². The molecular formula is C24H24N2O5. The van der Waals surface area contributed by atoms with Gasteiger partial charge < -0.3 is 19.8 Å². The van der Waals surface area contributed by atoms with Crippen molar-refractivity contribution in [3.8, 4) is 5.75 Å². The largest absolute Gasteiger partial charge is 0.494 e. The highest BCUT2D eigenvalue weighted by atomic mass is 16.5. The summed E-state index contributed by atoms with van der Waals surface area (Å²) in [5, 5.41) is 5.45. The van der Waals surface area contributed by atoms with Crippen LogP contribution in [0.1, 0.15) is 47.1 Å². The van der Waals surface area contributed by atoms with E-state index < -0.39 is 0 Å². The van der Waals surface area contributed by atoms with E-state index in [0.717, 1.165) is 12.2 Å². The summed E-state index contributed by atoms with van der Waals surface area (Å²) in [6, 6.07) is 16.8. The first-order valence-electron chi connectivity index (χ1n) is 10.1. The second kappa shape index (κ2) is 10.8. The van der Waals surface area contributed by atoms with Gasteiger partial charge in [-0.3, -0.25) is 14.4 Å². The van der Waals surface area contributed by atoms with Crippen molar-refractivity contribution in [3.05, 3.63) is 78.3 Å². The quantitative estimate of drug-likeness (QED) is 0.454. The average molecular weight is 420 g/mol. The van der Waals surface area contributed by atoms with E-state index in [4.69, 9.17) is 9.15 Å². The standard InChI is InChI=1S/C24H24N2O5/c1-2-15-30-20-11-5-17(6-12-20)21(27)13-14-23(28)25-18-7-9-19(10-8-18)26-24(29)22-4-3-16-31-22/h3-12,16H,2,13-15H2,1H3,(H,25,28)(H,26,29). The van der Waals surface area contributed by atoms with Gasteiger partial charge in [-0.1, -0.05) is 6.92 Å². The highest BCUT2D eigenvalue weighted by Crippen LogP contribution is 2.17. The Balaban J connectivity index is 1.44. The van der Waals surface area contributed by atoms with Gasteiger partial charge in [0.05, 0.1) is 12.9 Å². The number of hydrogen-bond donors (Lipinski definition) is 2. The predicted octanol–water partition coefficient (Wildman–Crippen LogP) is 4.92. The molecule has 0 bridgehead atoms. The van der Waals surface area contributed by atoms with Crippen LogP contribution in [0.15, 0.2) is 71.3 Å². The van der Waals surface area contributed by atoms with Crippen LogP contribution in [0.25, 0.3) is 0 Å². The number of hydrogen-bond acceptors (Lipinski definition) is 5. The first-order chi connectivity index (χ1) is 15.0. The minimum atomic E-state index is -0.356. The summed E-state index contributed by atoms with van der Waals surface area (Å²) >= 11 is 0. The Morgan fingerprint density at radius 1 is 0.871 bits per heavy atom. The van der Waals surface area contributed by atoms with E-state index in [0.29, 0.717) is 23.5 Å². The van der Waals surface area contributed by atoms with Gasteiger partial charge in [0, 0.05) is 29.8 Å². The molecule has 7 nitrogen and oxygen atoms in total. The minimum Gasteiger partial charge on any atom is -0.494 e. The number of Topliss-reactive ketones (excluding diaryl/α,β-unsaturated/α-hetero) is 1. The molecule has 0 aliphatic carbocycles. The van der Waals surface area contributed by atoms with Gasteiger partial charge in [0.2, 0.25) is 5.91 Å². The molecule has 3 aromatic rings. The summed E-state index contributed by atoms with van der Waals surface area (Å²) in [7, 11) is 0. The fourth-order valence-electron chi connectivity index (χ4n) is 2.79. The highest BCUT2D eigenvalue weighted by Gasteiger charge is 2.11. The van der Waals surface area contributed by atoms with Gasteiger partial charge in [-0.25, -0.2) is 0 Å². The first-order valence-corrected chi connectivity index (χ1v) is 10.1. The molecule has 1 heterocycles. The molecule has 0 saturated heterocycles. The van der Waals surface area contributed by atoms with Crippen molar-refractivity contribution in [2.75, 3.05) is 17.2 Å². The number of carbonyl (C=O) groups is 3. The van der Waals surface area contributed by atoms with Crippen LogP contribution in [-0.2, 0) is 4.79 Å². The number of ketones is 1. The van der Waals surface area contributed by atoms with E-state index in [1.54, 1.807) is 60.7 Å². The Morgan fingerprint density at radius 3 is 2.16 bits per heavy atom. The van der Waals surface area contributed by atoms with E-state index in [1.807, 2.05) is 6.92 Å². The number of ether oxygens (including phenoxy) is 1. The summed E-state index contributed by atoms with van der Waals surface area (Å²) in [5.74, 6) is 0.215. The number of rotatable bonds is 10. The van der Waals surface area contributed by atoms with Gasteiger partial charge >= 0.3 is 0 Å². The number of carbonyl (C=O) groups excluding carboxylic acids is 3. The molecule has 0 atom stereocenters. The molecule has 0 fully saturated rings. The Morgan fingerprint density at radius 2 is 1.55 bits per heavy atom. The predicted molar refractivity (Wildman–Crippen MR) is 118 cm³/mol. The third kappa shape index (κ3) is 6.57. The maximum absolute atomic E-state index is 12.3. The molecule has 7 heteroatoms. The van der Waals surface area contributed by atoms with Crippen molar-refractivity contribution < 1.29 is 23.5 Å². The number of anilines is 2. The molecule has 0 saturated carbocycles. The molecule has 2 N–H and O–H groups in total. The van der Waals surface area contributed by atoms with E-state index >= 15 is 0 Å². The minimum absolute atomic E-state index is 0.0733. The zero-order chi connectivity index (χ0) is 22.1. The fourth-order valence-corrected chi connectivity index (χ4v) is 2.79. The maximum Gasteiger partial charge on any atom is 0.291 e. The van der Waals surface area contributed by atoms with Crippen molar-refractivity contribution in [1.82, 2.24) is 0 Å². The van der Waals surface area contributed by atoms with E-state index in [-0.39, 0.29) is 36.2 Å². The van der Waals surface area contributed by atoms with Crippen LogP contribution < -0.4 is 15.4 Å². The van der Waals surface area contributed by atoms with Crippen LogP contribution in [0, 0.1) is 0 Å². The third-order valence-electron chi connectivity index (χ3n) is 4.40. The Labute approximate surface area is 180 Å². The molecule has 0 unspecified atom stereocenters. The van der Waals surface area contributed by atoms with Gasteiger partial charge in [-0.2, -0.15) is 0 Å². The van der Waals surface area contributed by atoms with Crippen LogP contribution >= 0.6 is 0 Å². The Kier molecular flexibility index (Phi) is 7.59. The summed E-state index contributed by atoms with van der Waals surface area (Å²) in [4.78, 5) is 36.4. The third-order valence-corrected chi connectivity index (χ3v) is 4.40. The Hall–Kier alpha value is -3.87. The maximum atomic E-state index is 12.3. The highest BCUT2D eigenvalue weighted by molar-refractivity contribution is 6.02. The number of benzene rings is 2. The van der Waals surface area contributed by atoms with Gasteiger partial charge in [0.25, 0.3) is 5.91 Å². The molecule has 0 aliphatic rings. The normalized spacial score (nSPS) is 10.4. The van der Waals surface area contributed by atoms with Crippen LogP contribution in [0.5, 0.6) is 5.75 Å².